The van der Waals surface area contributed by atoms with Crippen molar-refractivity contribution in [2.45, 2.75) is 6.36 Å². The molecule has 13 heteroatoms. The summed E-state index contributed by atoms with van der Waals surface area (Å²) in [6.45, 7) is 0. The van der Waals surface area contributed by atoms with E-state index in [2.05, 4.69) is 12.9 Å². The number of alkyl halides is 3. The first-order chi connectivity index (χ1) is 5.91. The Kier molecular flexibility index (Phi) is 3.82. The van der Waals surface area contributed by atoms with Gasteiger partial charge in [0.05, 0.1) is 0 Å². The smallest absolute Gasteiger partial charge is 0.262 e. The number of halogens is 3. The fourth-order valence-electron chi connectivity index (χ4n) is 0.199. The minimum Gasteiger partial charge on any atom is -0.262 e. The molecular formula is CHF3O8S2. The summed E-state index contributed by atoms with van der Waals surface area (Å²) in [6.07, 6.45) is -5.61. The van der Waals surface area contributed by atoms with Gasteiger partial charge in [-0.2, -0.15) is 16.8 Å². The van der Waals surface area contributed by atoms with E-state index in [4.69, 9.17) is 4.55 Å². The van der Waals surface area contributed by atoms with Gasteiger partial charge in [-0.25, -0.2) is 0 Å². The largest absolute Gasteiger partial charge is 0.538 e. The van der Waals surface area contributed by atoms with Crippen LogP contribution in [0.4, 0.5) is 13.2 Å². The molecule has 0 amide bonds. The van der Waals surface area contributed by atoms with E-state index in [1.54, 1.807) is 0 Å². The topological polar surface area (TPSA) is 116 Å². The highest BCUT2D eigenvalue weighted by Crippen LogP contribution is 2.20. The number of rotatable bonds is 4. The maximum absolute atomic E-state index is 11.2. The van der Waals surface area contributed by atoms with Crippen molar-refractivity contribution >= 4 is 20.8 Å². The third-order valence-corrected chi connectivity index (χ3v) is 1.35. The van der Waals surface area contributed by atoms with E-state index in [0.29, 0.717) is 0 Å². The predicted octanol–water partition coefficient (Wildman–Crippen LogP) is -0.481. The van der Waals surface area contributed by atoms with Gasteiger partial charge in [-0.15, -0.1) is 17.4 Å². The van der Waals surface area contributed by atoms with Gasteiger partial charge in [-0.05, 0) is 0 Å². The lowest BCUT2D eigenvalue weighted by atomic mass is 11.4. The van der Waals surface area contributed by atoms with Crippen molar-refractivity contribution in [2.75, 3.05) is 0 Å². The van der Waals surface area contributed by atoms with E-state index in [1.165, 1.54) is 0 Å². The van der Waals surface area contributed by atoms with E-state index < -0.39 is 27.2 Å². The Hall–Kier alpha value is -0.470. The molecule has 0 aromatic rings. The monoisotopic (exact) mass is 262 g/mol. The third-order valence-electron chi connectivity index (χ3n) is 0.394. The van der Waals surface area contributed by atoms with Crippen LogP contribution in [0.2, 0.25) is 0 Å². The van der Waals surface area contributed by atoms with Gasteiger partial charge in [0.1, 0.15) is 0 Å². The van der Waals surface area contributed by atoms with Crippen molar-refractivity contribution in [3.63, 3.8) is 0 Å². The van der Waals surface area contributed by atoms with E-state index in [9.17, 15) is 30.0 Å². The SMILES string of the molecule is O=S(=O)(O)OOS(=O)(=O)OC(F)(F)F. The molecule has 0 rings (SSSR count). The van der Waals surface area contributed by atoms with Crippen molar-refractivity contribution in [1.82, 2.24) is 0 Å². The van der Waals surface area contributed by atoms with Gasteiger partial charge in [-0.3, -0.25) is 4.55 Å². The highest BCUT2D eigenvalue weighted by molar-refractivity contribution is 7.83. The summed E-state index contributed by atoms with van der Waals surface area (Å²) in [5.41, 5.74) is 0. The Balaban J connectivity index is 4.39. The van der Waals surface area contributed by atoms with Crippen molar-refractivity contribution in [1.29, 1.82) is 0 Å². The zero-order valence-electron chi connectivity index (χ0n) is 5.76. The minimum absolute atomic E-state index is 2.27. The van der Waals surface area contributed by atoms with Gasteiger partial charge < -0.3 is 0 Å². The lowest BCUT2D eigenvalue weighted by Crippen LogP contribution is -2.22. The van der Waals surface area contributed by atoms with Crippen LogP contribution in [0, 0.1) is 0 Å². The second-order valence-corrected chi connectivity index (χ2v) is 3.61. The second-order valence-electron chi connectivity index (χ2n) is 1.50. The molecular weight excluding hydrogens is 261 g/mol. The summed E-state index contributed by atoms with van der Waals surface area (Å²) in [5, 5.41) is 0. The summed E-state index contributed by atoms with van der Waals surface area (Å²) in [6, 6.07) is 0. The summed E-state index contributed by atoms with van der Waals surface area (Å²) in [5.74, 6) is 0. The van der Waals surface area contributed by atoms with Crippen LogP contribution in [0.25, 0.3) is 0 Å². The molecule has 0 atom stereocenters. The first-order valence-electron chi connectivity index (χ1n) is 2.29. The molecule has 0 aromatic heterocycles. The number of hydrogen-bond acceptors (Lipinski definition) is 7. The standard InChI is InChI=1S/CHF3O8S2/c2-1(3,4)10-14(8,9)12-11-13(5,6)7/h(H,5,6,7). The summed E-state index contributed by atoms with van der Waals surface area (Å²) < 4.78 is 88.3. The zero-order valence-corrected chi connectivity index (χ0v) is 7.39. The molecule has 86 valence electrons. The second kappa shape index (κ2) is 3.95. The lowest BCUT2D eigenvalue weighted by molar-refractivity contribution is -0.282. The van der Waals surface area contributed by atoms with Crippen LogP contribution in [0.3, 0.4) is 0 Å². The lowest BCUT2D eigenvalue weighted by Gasteiger charge is -2.04. The molecule has 0 aliphatic carbocycles. The van der Waals surface area contributed by atoms with Gasteiger partial charge in [-0.1, -0.05) is 8.67 Å². The third kappa shape index (κ3) is 8.14. The van der Waals surface area contributed by atoms with Crippen LogP contribution in [-0.4, -0.2) is 27.8 Å². The first kappa shape index (κ1) is 13.5. The maximum atomic E-state index is 11.2. The fourth-order valence-corrected chi connectivity index (χ4v) is 1.01. The fraction of sp³-hybridized carbons (Fsp3) is 1.00. The van der Waals surface area contributed by atoms with E-state index >= 15 is 0 Å². The van der Waals surface area contributed by atoms with Gasteiger partial charge in [0.2, 0.25) is 0 Å². The van der Waals surface area contributed by atoms with Gasteiger partial charge in [0.25, 0.3) is 0 Å². The molecule has 8 nitrogen and oxygen atoms in total. The molecule has 0 fully saturated rings. The molecule has 0 unspecified atom stereocenters. The molecule has 0 saturated heterocycles. The summed E-state index contributed by atoms with van der Waals surface area (Å²) in [7, 11) is -11.1. The van der Waals surface area contributed by atoms with Crippen molar-refractivity contribution in [3.8, 4) is 0 Å². The van der Waals surface area contributed by atoms with E-state index in [-0.39, 0.29) is 0 Å². The molecule has 0 saturated carbocycles. The molecule has 0 radical (unpaired) electrons. The first-order valence-corrected chi connectivity index (χ1v) is 4.99. The summed E-state index contributed by atoms with van der Waals surface area (Å²) in [4.78, 5) is 0. The number of hydrogen-bond donors (Lipinski definition) is 1. The zero-order chi connectivity index (χ0) is 11.6. The van der Waals surface area contributed by atoms with Crippen LogP contribution in [0.1, 0.15) is 0 Å². The van der Waals surface area contributed by atoms with Crippen molar-refractivity contribution < 1.29 is 47.4 Å². The molecule has 1 N–H and O–H groups in total. The molecule has 14 heavy (non-hydrogen) atoms. The average molecular weight is 262 g/mol. The average Bonchev–Trinajstić information content (AvgIpc) is 1.76. The molecule has 0 spiro atoms. The van der Waals surface area contributed by atoms with Crippen LogP contribution in [-0.2, 0) is 33.6 Å². The molecule has 0 aliphatic heterocycles. The normalized spacial score (nSPS) is 14.3. The molecule has 0 heterocycles. The Morgan fingerprint density at radius 2 is 1.43 bits per heavy atom. The molecule has 0 aliphatic rings. The van der Waals surface area contributed by atoms with Gasteiger partial charge >= 0.3 is 27.2 Å². The molecule has 0 aromatic carbocycles. The Morgan fingerprint density at radius 1 is 1.00 bits per heavy atom. The van der Waals surface area contributed by atoms with Gasteiger partial charge in [0, 0.05) is 0 Å². The Bertz CT molecular complexity index is 373. The maximum Gasteiger partial charge on any atom is 0.538 e. The Labute approximate surface area is 75.4 Å². The Morgan fingerprint density at radius 3 is 1.71 bits per heavy atom. The van der Waals surface area contributed by atoms with Crippen LogP contribution < -0.4 is 0 Å². The minimum atomic E-state index is -5.76. The summed E-state index contributed by atoms with van der Waals surface area (Å²) >= 11 is 0. The van der Waals surface area contributed by atoms with Crippen LogP contribution >= 0.6 is 0 Å². The van der Waals surface area contributed by atoms with Crippen LogP contribution in [0.15, 0.2) is 0 Å². The van der Waals surface area contributed by atoms with Gasteiger partial charge in [0.15, 0.2) is 0 Å². The van der Waals surface area contributed by atoms with E-state index in [0.717, 1.165) is 0 Å². The molecule has 0 bridgehead atoms. The predicted molar refractivity (Wildman–Crippen MR) is 29.8 cm³/mol. The highest BCUT2D eigenvalue weighted by atomic mass is 32.3. The van der Waals surface area contributed by atoms with Crippen LogP contribution in [0.5, 0.6) is 0 Å². The quantitative estimate of drug-likeness (QED) is 0.410. The van der Waals surface area contributed by atoms with E-state index in [1.807, 2.05) is 0 Å². The van der Waals surface area contributed by atoms with Crippen molar-refractivity contribution in [2.24, 2.45) is 0 Å². The highest BCUT2D eigenvalue weighted by Gasteiger charge is 2.39. The van der Waals surface area contributed by atoms with Crippen molar-refractivity contribution in [3.05, 3.63) is 0 Å².